The zero-order valence-corrected chi connectivity index (χ0v) is 8.53. The van der Waals surface area contributed by atoms with Crippen LogP contribution < -0.4 is 0 Å². The lowest BCUT2D eigenvalue weighted by molar-refractivity contribution is 0.227. The van der Waals surface area contributed by atoms with Gasteiger partial charge in [0.05, 0.1) is 0 Å². The molecule has 2 fully saturated rings. The molecular formula is C12H18N. The van der Waals surface area contributed by atoms with Crippen LogP contribution in [0.1, 0.15) is 26.7 Å². The van der Waals surface area contributed by atoms with E-state index in [0.29, 0.717) is 0 Å². The second kappa shape index (κ2) is 4.00. The van der Waals surface area contributed by atoms with E-state index < -0.39 is 0 Å². The van der Waals surface area contributed by atoms with Gasteiger partial charge in [-0.15, -0.1) is 0 Å². The average molecular weight is 176 g/mol. The van der Waals surface area contributed by atoms with Crippen molar-refractivity contribution in [2.75, 3.05) is 6.54 Å². The maximum atomic E-state index is 2.61. The van der Waals surface area contributed by atoms with Gasteiger partial charge < -0.3 is 0 Å². The minimum Gasteiger partial charge on any atom is -0.297 e. The molecule has 0 bridgehead atoms. The van der Waals surface area contributed by atoms with Crippen molar-refractivity contribution in [3.63, 3.8) is 0 Å². The van der Waals surface area contributed by atoms with E-state index >= 15 is 0 Å². The van der Waals surface area contributed by atoms with Crippen LogP contribution in [0.4, 0.5) is 0 Å². The zero-order chi connectivity index (χ0) is 9.26. The van der Waals surface area contributed by atoms with Gasteiger partial charge in [-0.25, -0.2) is 0 Å². The molecule has 0 aromatic carbocycles. The zero-order valence-electron chi connectivity index (χ0n) is 8.53. The largest absolute Gasteiger partial charge is 0.297 e. The lowest BCUT2D eigenvalue weighted by Crippen LogP contribution is -2.35. The minimum atomic E-state index is 0.768. The van der Waals surface area contributed by atoms with Crippen molar-refractivity contribution >= 4 is 0 Å². The first-order valence-corrected chi connectivity index (χ1v) is 5.23. The third kappa shape index (κ3) is 2.07. The molecule has 1 heterocycles. The summed E-state index contributed by atoms with van der Waals surface area (Å²) in [4.78, 5) is 2.61. The Morgan fingerprint density at radius 1 is 1.15 bits per heavy atom. The monoisotopic (exact) mass is 176 g/mol. The highest BCUT2D eigenvalue weighted by atomic mass is 15.2. The highest BCUT2D eigenvalue weighted by Crippen LogP contribution is 2.30. The molecule has 0 N–H and O–H groups in total. The summed E-state index contributed by atoms with van der Waals surface area (Å²) >= 11 is 0. The van der Waals surface area contributed by atoms with Gasteiger partial charge >= 0.3 is 0 Å². The number of nitrogens with zero attached hydrogens (tertiary/aromatic N) is 1. The Morgan fingerprint density at radius 2 is 1.69 bits per heavy atom. The smallest absolute Gasteiger partial charge is 0.00705 e. The van der Waals surface area contributed by atoms with E-state index in [4.69, 9.17) is 0 Å². The second-order valence-corrected chi connectivity index (χ2v) is 4.24. The van der Waals surface area contributed by atoms with Crippen LogP contribution >= 0.6 is 0 Å². The summed E-state index contributed by atoms with van der Waals surface area (Å²) in [5.74, 6) is 1.46. The van der Waals surface area contributed by atoms with Crippen LogP contribution in [0.15, 0.2) is 0 Å². The van der Waals surface area contributed by atoms with Gasteiger partial charge in [0, 0.05) is 18.6 Å². The van der Waals surface area contributed by atoms with Gasteiger partial charge in [0.2, 0.25) is 0 Å². The summed E-state index contributed by atoms with van der Waals surface area (Å²) in [6.45, 7) is 5.81. The maximum Gasteiger partial charge on any atom is 0.00705 e. The van der Waals surface area contributed by atoms with Crippen LogP contribution in [0.5, 0.6) is 0 Å². The first-order valence-electron chi connectivity index (χ1n) is 5.23. The van der Waals surface area contributed by atoms with Crippen LogP contribution in [0.2, 0.25) is 0 Å². The van der Waals surface area contributed by atoms with Gasteiger partial charge in [0.1, 0.15) is 0 Å². The van der Waals surface area contributed by atoms with E-state index in [1.165, 1.54) is 18.8 Å². The normalized spacial score (nSPS) is 37.4. The van der Waals surface area contributed by atoms with Gasteiger partial charge in [-0.1, -0.05) is 0 Å². The van der Waals surface area contributed by atoms with Crippen LogP contribution in [0, 0.1) is 31.6 Å². The van der Waals surface area contributed by atoms with Gasteiger partial charge in [0.25, 0.3) is 0 Å². The molecule has 0 unspecified atom stereocenters. The first kappa shape index (κ1) is 9.51. The topological polar surface area (TPSA) is 3.24 Å². The molecule has 1 saturated heterocycles. The van der Waals surface area contributed by atoms with Gasteiger partial charge in [-0.2, -0.15) is 0 Å². The number of rotatable bonds is 2. The quantitative estimate of drug-likeness (QED) is 0.624. The van der Waals surface area contributed by atoms with Gasteiger partial charge in [0.15, 0.2) is 0 Å². The third-order valence-electron chi connectivity index (χ3n) is 3.23. The SMILES string of the molecule is C[C@@H]1CC[C@@H](C)N1C[C]1[CH][CH][CH][CH]1. The van der Waals surface area contributed by atoms with Crippen molar-refractivity contribution in [1.82, 2.24) is 4.90 Å². The molecule has 1 nitrogen and oxygen atoms in total. The fourth-order valence-electron chi connectivity index (χ4n) is 2.29. The molecule has 2 aliphatic rings. The van der Waals surface area contributed by atoms with Crippen LogP contribution in [-0.4, -0.2) is 23.5 Å². The van der Waals surface area contributed by atoms with E-state index in [1.807, 2.05) is 0 Å². The molecule has 2 rings (SSSR count). The fourth-order valence-corrected chi connectivity index (χ4v) is 2.29. The Kier molecular flexibility index (Phi) is 2.92. The molecule has 71 valence electrons. The summed E-state index contributed by atoms with van der Waals surface area (Å²) in [5.41, 5.74) is 0. The number of hydrogen-bond donors (Lipinski definition) is 0. The second-order valence-electron chi connectivity index (χ2n) is 4.24. The molecule has 0 aromatic rings. The molecule has 1 aliphatic carbocycles. The van der Waals surface area contributed by atoms with E-state index in [1.54, 1.807) is 0 Å². The first-order chi connectivity index (χ1) is 6.27. The molecular weight excluding hydrogens is 158 g/mol. The molecule has 2 atom stereocenters. The van der Waals surface area contributed by atoms with Crippen LogP contribution in [-0.2, 0) is 0 Å². The van der Waals surface area contributed by atoms with Crippen molar-refractivity contribution in [2.45, 2.75) is 38.8 Å². The summed E-state index contributed by atoms with van der Waals surface area (Å²) < 4.78 is 0. The summed E-state index contributed by atoms with van der Waals surface area (Å²) in [6.07, 6.45) is 11.4. The predicted molar refractivity (Wildman–Crippen MR) is 55.3 cm³/mol. The Hall–Kier alpha value is -0.0400. The lowest BCUT2D eigenvalue weighted by Gasteiger charge is -2.28. The van der Waals surface area contributed by atoms with Crippen molar-refractivity contribution in [1.29, 1.82) is 0 Å². The molecule has 13 heavy (non-hydrogen) atoms. The molecule has 1 heteroatoms. The predicted octanol–water partition coefficient (Wildman–Crippen LogP) is 2.26. The van der Waals surface area contributed by atoms with E-state index in [9.17, 15) is 0 Å². The third-order valence-corrected chi connectivity index (χ3v) is 3.23. The molecule has 1 aliphatic heterocycles. The maximum absolute atomic E-state index is 2.61. The fraction of sp³-hybridized carbons (Fsp3) is 0.583. The minimum absolute atomic E-state index is 0.768. The molecule has 1 saturated carbocycles. The highest BCUT2D eigenvalue weighted by molar-refractivity contribution is 5.36. The lowest BCUT2D eigenvalue weighted by atomic mass is 10.1. The van der Waals surface area contributed by atoms with Crippen LogP contribution in [0.3, 0.4) is 0 Å². The Balaban J connectivity index is 1.85. The van der Waals surface area contributed by atoms with Gasteiger partial charge in [-0.3, -0.25) is 4.90 Å². The summed E-state index contributed by atoms with van der Waals surface area (Å²) in [6, 6.07) is 1.54. The van der Waals surface area contributed by atoms with Crippen molar-refractivity contribution < 1.29 is 0 Å². The molecule has 0 aromatic heterocycles. The number of likely N-dealkylation sites (tertiary alicyclic amines) is 1. The molecule has 0 amide bonds. The Bertz CT molecular complexity index is 151. The van der Waals surface area contributed by atoms with E-state index in [0.717, 1.165) is 18.6 Å². The van der Waals surface area contributed by atoms with Crippen molar-refractivity contribution in [3.05, 3.63) is 31.6 Å². The highest BCUT2D eigenvalue weighted by Gasteiger charge is 2.30. The number of hydrogen-bond acceptors (Lipinski definition) is 1. The van der Waals surface area contributed by atoms with Gasteiger partial charge in [-0.05, 0) is 58.3 Å². The van der Waals surface area contributed by atoms with Crippen molar-refractivity contribution in [3.8, 4) is 0 Å². The van der Waals surface area contributed by atoms with Crippen molar-refractivity contribution in [2.24, 2.45) is 0 Å². The summed E-state index contributed by atoms with van der Waals surface area (Å²) in [7, 11) is 0. The summed E-state index contributed by atoms with van der Waals surface area (Å²) in [5, 5.41) is 0. The average Bonchev–Trinajstić information content (AvgIpc) is 2.70. The van der Waals surface area contributed by atoms with Crippen LogP contribution in [0.25, 0.3) is 0 Å². The molecule has 0 spiro atoms. The molecule has 5 radical (unpaired) electrons. The van der Waals surface area contributed by atoms with E-state index in [2.05, 4.69) is 44.4 Å². The van der Waals surface area contributed by atoms with E-state index in [-0.39, 0.29) is 0 Å². The Morgan fingerprint density at radius 3 is 2.23 bits per heavy atom. The standard InChI is InChI=1S/C12H18N/c1-10-7-8-11(2)13(10)9-12-5-3-4-6-12/h3-6,10-11H,7-9H2,1-2H3/t10-,11-/m1/s1. The Labute approximate surface area is 82.5 Å².